The molecule has 2 fully saturated rings. The molecule has 12 nitrogen and oxygen atoms in total. The van der Waals surface area contributed by atoms with Crippen LogP contribution < -0.4 is 15.0 Å². The monoisotopic (exact) mass is 621 g/mol. The third kappa shape index (κ3) is 7.06. The number of hydrogen-bond donors (Lipinski definition) is 3. The predicted molar refractivity (Wildman–Crippen MR) is 169 cm³/mol. The van der Waals surface area contributed by atoms with Crippen LogP contribution in [-0.4, -0.2) is 83.2 Å². The summed E-state index contributed by atoms with van der Waals surface area (Å²) in [6, 6.07) is 11.7. The lowest BCUT2D eigenvalue weighted by Crippen LogP contribution is -2.45. The summed E-state index contributed by atoms with van der Waals surface area (Å²) in [5, 5.41) is 19.8. The number of carbonyl (C=O) groups excluding carboxylic acids is 2. The highest BCUT2D eigenvalue weighted by molar-refractivity contribution is 5.90. The van der Waals surface area contributed by atoms with E-state index in [2.05, 4.69) is 41.1 Å². The van der Waals surface area contributed by atoms with E-state index in [0.29, 0.717) is 24.4 Å². The largest absolute Gasteiger partial charge is 0.507 e. The summed E-state index contributed by atoms with van der Waals surface area (Å²) < 4.78 is 12.3. The van der Waals surface area contributed by atoms with E-state index in [-0.39, 0.29) is 28.6 Å². The number of aromatic nitrogens is 2. The number of carbonyl (C=O) groups is 3. The van der Waals surface area contributed by atoms with Crippen molar-refractivity contribution in [2.24, 2.45) is 18.9 Å². The number of benzene rings is 2. The Labute approximate surface area is 263 Å². The van der Waals surface area contributed by atoms with Crippen LogP contribution in [0.15, 0.2) is 55.0 Å². The first kappa shape index (κ1) is 33.3. The Hall–Kier alpha value is -4.58. The van der Waals surface area contributed by atoms with Crippen molar-refractivity contribution < 1.29 is 34.1 Å². The molecule has 0 bridgehead atoms. The van der Waals surface area contributed by atoms with Gasteiger partial charge in [-0.05, 0) is 62.2 Å². The lowest BCUT2D eigenvalue weighted by molar-refractivity contribution is -0.141. The fourth-order valence-corrected chi connectivity index (χ4v) is 6.59. The van der Waals surface area contributed by atoms with Crippen LogP contribution in [0.3, 0.4) is 0 Å². The van der Waals surface area contributed by atoms with Crippen molar-refractivity contribution in [3.05, 3.63) is 71.8 Å². The van der Waals surface area contributed by atoms with Crippen LogP contribution in [-0.2, 0) is 28.4 Å². The first-order chi connectivity index (χ1) is 21.4. The molecular weight excluding hydrogens is 578 g/mol. The Morgan fingerprint density at radius 2 is 1.91 bits per heavy atom. The van der Waals surface area contributed by atoms with E-state index in [9.17, 15) is 14.4 Å². The Balaban J connectivity index is 0.000000163. The van der Waals surface area contributed by atoms with Crippen LogP contribution in [0.5, 0.6) is 11.5 Å². The number of amides is 1. The molecule has 242 valence electrons. The van der Waals surface area contributed by atoms with Gasteiger partial charge in [-0.3, -0.25) is 9.69 Å². The summed E-state index contributed by atoms with van der Waals surface area (Å²) in [7, 11) is 7.84. The minimum atomic E-state index is -1.11. The molecule has 0 aliphatic carbocycles. The van der Waals surface area contributed by atoms with Gasteiger partial charge in [-0.15, -0.1) is 0 Å². The smallest absolute Gasteiger partial charge is 0.412 e. The van der Waals surface area contributed by atoms with Crippen molar-refractivity contribution in [1.82, 2.24) is 19.8 Å². The number of imidazole rings is 1. The van der Waals surface area contributed by atoms with E-state index in [1.165, 1.54) is 23.4 Å². The van der Waals surface area contributed by atoms with Crippen LogP contribution in [0.25, 0.3) is 0 Å². The number of para-hydroxylation sites is 1. The number of hydrogen-bond acceptors (Lipinski definition) is 9. The number of likely N-dealkylation sites (tertiary alicyclic amines) is 1. The Morgan fingerprint density at radius 1 is 1.18 bits per heavy atom. The second-order valence-corrected chi connectivity index (χ2v) is 11.9. The number of likely N-dealkylation sites (N-methyl/N-ethyl adjacent to an activating group) is 2. The molecule has 4 heterocycles. The van der Waals surface area contributed by atoms with Crippen molar-refractivity contribution in [3.63, 3.8) is 0 Å². The van der Waals surface area contributed by atoms with Gasteiger partial charge in [0.15, 0.2) is 0 Å². The number of carboxylic acid groups (broad SMARTS) is 1. The number of esters is 1. The number of anilines is 1. The zero-order chi connectivity index (χ0) is 32.9. The summed E-state index contributed by atoms with van der Waals surface area (Å²) in [4.78, 5) is 41.8. The van der Waals surface area contributed by atoms with Crippen molar-refractivity contribution in [2.45, 2.75) is 44.7 Å². The third-order valence-corrected chi connectivity index (χ3v) is 8.99. The summed E-state index contributed by atoms with van der Waals surface area (Å²) in [6.07, 6.45) is 6.45. The molecule has 12 heteroatoms. The molecule has 0 radical (unpaired) electrons. The van der Waals surface area contributed by atoms with Gasteiger partial charge in [0.2, 0.25) is 0 Å². The molecule has 0 saturated carbocycles. The number of cyclic esters (lactones) is 1. The average Bonchev–Trinajstić information content (AvgIpc) is 3.73. The third-order valence-electron chi connectivity index (χ3n) is 8.99. The van der Waals surface area contributed by atoms with E-state index in [4.69, 9.17) is 19.7 Å². The maximum Gasteiger partial charge on any atom is 0.412 e. The summed E-state index contributed by atoms with van der Waals surface area (Å²) >= 11 is 0. The molecular formula is C33H43N5O7. The van der Waals surface area contributed by atoms with Gasteiger partial charge in [0.05, 0.1) is 25.0 Å². The number of fused-ring (bicyclic) bond motifs is 3. The van der Waals surface area contributed by atoms with Gasteiger partial charge in [0.1, 0.15) is 17.1 Å². The number of nitrogens with one attached hydrogen (secondary N) is 1. The Bertz CT molecular complexity index is 1520. The number of phenols is 1. The van der Waals surface area contributed by atoms with Gasteiger partial charge in [0.25, 0.3) is 0 Å². The van der Waals surface area contributed by atoms with E-state index in [1.54, 1.807) is 25.5 Å². The van der Waals surface area contributed by atoms with E-state index in [0.717, 1.165) is 31.5 Å². The molecule has 6 rings (SSSR count). The van der Waals surface area contributed by atoms with Crippen LogP contribution in [0, 0.1) is 11.8 Å². The molecule has 2 saturated heterocycles. The van der Waals surface area contributed by atoms with E-state index < -0.39 is 12.1 Å². The zero-order valence-electron chi connectivity index (χ0n) is 26.7. The quantitative estimate of drug-likeness (QED) is 0.357. The fraction of sp³-hybridized carbons (Fsp3) is 0.455. The highest BCUT2D eigenvalue weighted by Gasteiger charge is 2.52. The maximum absolute atomic E-state index is 11.4. The number of aromatic carboxylic acids is 1. The van der Waals surface area contributed by atoms with Gasteiger partial charge in [0, 0.05) is 56.6 Å². The second-order valence-electron chi connectivity index (χ2n) is 11.9. The van der Waals surface area contributed by atoms with Crippen LogP contribution in [0.2, 0.25) is 0 Å². The minimum absolute atomic E-state index is 0.0373. The molecule has 45 heavy (non-hydrogen) atoms. The lowest BCUT2D eigenvalue weighted by atomic mass is 9.81. The Kier molecular flexibility index (Phi) is 10.4. The van der Waals surface area contributed by atoms with Gasteiger partial charge in [-0.2, -0.15) is 0 Å². The van der Waals surface area contributed by atoms with Crippen LogP contribution in [0.4, 0.5) is 10.5 Å². The number of aryl methyl sites for hydroxylation is 1. The summed E-state index contributed by atoms with van der Waals surface area (Å²) in [6.45, 7) is 5.98. The molecule has 2 aromatic carbocycles. The fourth-order valence-electron chi connectivity index (χ4n) is 6.59. The average molecular weight is 622 g/mol. The molecule has 1 amide bonds. The van der Waals surface area contributed by atoms with Crippen LogP contribution in [0.1, 0.15) is 48.3 Å². The van der Waals surface area contributed by atoms with Crippen molar-refractivity contribution in [1.29, 1.82) is 0 Å². The highest BCUT2D eigenvalue weighted by Crippen LogP contribution is 2.51. The standard InChI is InChI=1S/C15H21N3O2.C11H16N2O2.C7H6O3/c1-15-7-8-17(3)13(15)18(4)12-6-5-10(9-11(12)15)20-14(19)16-2;1-3-10-8(6-15-11(10)14)4-9-5-12-7-13(9)2;8-6-4-2-1-3-5(6)7(9)10/h5-6,9,13H,7-8H2,1-4H3,(H,16,19);5,7-8,10H,3-4,6H2,1-2H3;1-4,8H,(H,9,10)/t;8-,10-;/m.0./s1. The minimum Gasteiger partial charge on any atom is -0.507 e. The molecule has 3 N–H and O–H groups in total. The molecule has 3 aliphatic heterocycles. The van der Waals surface area contributed by atoms with E-state index >= 15 is 0 Å². The lowest BCUT2D eigenvalue weighted by Gasteiger charge is -2.32. The normalized spacial score (nSPS) is 23.1. The molecule has 3 aliphatic rings. The Morgan fingerprint density at radius 3 is 2.51 bits per heavy atom. The molecule has 1 aromatic heterocycles. The predicted octanol–water partition coefficient (Wildman–Crippen LogP) is 4.03. The number of ether oxygens (including phenoxy) is 2. The van der Waals surface area contributed by atoms with Gasteiger partial charge in [-0.1, -0.05) is 26.0 Å². The molecule has 3 aromatic rings. The highest BCUT2D eigenvalue weighted by atomic mass is 16.6. The van der Waals surface area contributed by atoms with E-state index in [1.807, 2.05) is 42.9 Å². The molecule has 0 spiro atoms. The second kappa shape index (κ2) is 14.0. The molecule has 2 unspecified atom stereocenters. The summed E-state index contributed by atoms with van der Waals surface area (Å²) in [5.41, 5.74) is 3.70. The first-order valence-corrected chi connectivity index (χ1v) is 15.0. The number of aromatic hydroxyl groups is 1. The number of carboxylic acids is 1. The molecule has 4 atom stereocenters. The number of rotatable bonds is 5. The zero-order valence-corrected chi connectivity index (χ0v) is 26.7. The van der Waals surface area contributed by atoms with Crippen molar-refractivity contribution in [3.8, 4) is 11.5 Å². The topological polar surface area (TPSA) is 146 Å². The van der Waals surface area contributed by atoms with Gasteiger partial charge in [-0.25, -0.2) is 14.6 Å². The number of nitrogens with zero attached hydrogens (tertiary/aromatic N) is 4. The van der Waals surface area contributed by atoms with Gasteiger partial charge < -0.3 is 34.5 Å². The maximum atomic E-state index is 11.4. The van der Waals surface area contributed by atoms with Gasteiger partial charge >= 0.3 is 18.0 Å². The summed E-state index contributed by atoms with van der Waals surface area (Å²) in [5.74, 6) is -0.358. The van der Waals surface area contributed by atoms with Crippen molar-refractivity contribution in [2.75, 3.05) is 39.2 Å². The first-order valence-electron chi connectivity index (χ1n) is 15.0. The van der Waals surface area contributed by atoms with Crippen molar-refractivity contribution >= 4 is 23.7 Å². The SMILES string of the molecule is CC[C@@H]1C(=O)OC[C@@H]1Cc1cncn1C.CNC(=O)Oc1ccc2c(c1)C1(C)CCN(C)C1N2C.O=C(O)c1ccccc1O. The van der Waals surface area contributed by atoms with Crippen LogP contribution >= 0.6 is 0 Å².